The third-order valence-corrected chi connectivity index (χ3v) is 5.65. The lowest BCUT2D eigenvalue weighted by atomic mass is 9.79. The Morgan fingerprint density at radius 3 is 3.21 bits per heavy atom. The standard InChI is InChI=1S/C15H22N2OS/c1-16-14(13-3-2-6-17-10-13)12-4-7-18-15(9-12)5-8-19-11-15/h2-3,6,10,12,14,16H,4-5,7-9,11H2,1H3. The number of nitrogens with zero attached hydrogens (tertiary/aromatic N) is 1. The number of hydrogen-bond acceptors (Lipinski definition) is 4. The molecule has 2 saturated heterocycles. The highest BCUT2D eigenvalue weighted by molar-refractivity contribution is 7.99. The van der Waals surface area contributed by atoms with Gasteiger partial charge in [-0.3, -0.25) is 4.98 Å². The van der Waals surface area contributed by atoms with Gasteiger partial charge in [0.15, 0.2) is 0 Å². The number of hydrogen-bond donors (Lipinski definition) is 1. The van der Waals surface area contributed by atoms with Crippen LogP contribution in [0, 0.1) is 5.92 Å². The van der Waals surface area contributed by atoms with Crippen LogP contribution < -0.4 is 5.32 Å². The minimum atomic E-state index is 0.158. The molecule has 1 N–H and O–H groups in total. The molecule has 0 bridgehead atoms. The molecular weight excluding hydrogens is 256 g/mol. The van der Waals surface area contributed by atoms with E-state index in [-0.39, 0.29) is 5.60 Å². The zero-order valence-corrected chi connectivity index (χ0v) is 12.3. The summed E-state index contributed by atoms with van der Waals surface area (Å²) in [6.07, 6.45) is 7.38. The van der Waals surface area contributed by atoms with Crippen LogP contribution in [0.25, 0.3) is 0 Å². The Balaban J connectivity index is 1.76. The number of nitrogens with one attached hydrogen (secondary N) is 1. The highest BCUT2D eigenvalue weighted by Gasteiger charge is 2.42. The molecular formula is C15H22N2OS. The Labute approximate surface area is 119 Å². The van der Waals surface area contributed by atoms with Gasteiger partial charge in [0, 0.05) is 30.8 Å². The molecule has 4 heteroatoms. The molecule has 3 unspecified atom stereocenters. The molecule has 1 aromatic heterocycles. The molecule has 1 spiro atoms. The van der Waals surface area contributed by atoms with Crippen LogP contribution in [-0.4, -0.2) is 35.7 Å². The van der Waals surface area contributed by atoms with Crippen molar-refractivity contribution in [2.24, 2.45) is 5.92 Å². The number of thioether (sulfide) groups is 1. The topological polar surface area (TPSA) is 34.2 Å². The number of pyridine rings is 1. The Kier molecular flexibility index (Phi) is 4.10. The molecule has 0 radical (unpaired) electrons. The monoisotopic (exact) mass is 278 g/mol. The van der Waals surface area contributed by atoms with Crippen molar-refractivity contribution in [3.63, 3.8) is 0 Å². The largest absolute Gasteiger partial charge is 0.374 e. The Hall–Kier alpha value is -0.580. The first kappa shape index (κ1) is 13.4. The molecule has 0 aromatic carbocycles. The first-order chi connectivity index (χ1) is 9.33. The van der Waals surface area contributed by atoms with Gasteiger partial charge in [0.1, 0.15) is 0 Å². The van der Waals surface area contributed by atoms with E-state index in [1.165, 1.54) is 29.9 Å². The van der Waals surface area contributed by atoms with E-state index in [4.69, 9.17) is 4.74 Å². The van der Waals surface area contributed by atoms with Crippen molar-refractivity contribution in [1.82, 2.24) is 10.3 Å². The molecule has 3 atom stereocenters. The second-order valence-corrected chi connectivity index (χ2v) is 6.74. The van der Waals surface area contributed by atoms with Crippen molar-refractivity contribution >= 4 is 11.8 Å². The van der Waals surface area contributed by atoms with Crippen molar-refractivity contribution in [1.29, 1.82) is 0 Å². The van der Waals surface area contributed by atoms with Crippen LogP contribution in [0.2, 0.25) is 0 Å². The van der Waals surface area contributed by atoms with E-state index < -0.39 is 0 Å². The third-order valence-electron chi connectivity index (χ3n) is 4.42. The summed E-state index contributed by atoms with van der Waals surface area (Å²) in [7, 11) is 2.06. The maximum absolute atomic E-state index is 6.12. The summed E-state index contributed by atoms with van der Waals surface area (Å²) in [5, 5.41) is 3.49. The van der Waals surface area contributed by atoms with E-state index in [0.29, 0.717) is 12.0 Å². The maximum atomic E-state index is 6.12. The summed E-state index contributed by atoms with van der Waals surface area (Å²) >= 11 is 2.04. The fraction of sp³-hybridized carbons (Fsp3) is 0.667. The normalized spacial score (nSPS) is 32.6. The van der Waals surface area contributed by atoms with Crippen molar-refractivity contribution < 1.29 is 4.74 Å². The maximum Gasteiger partial charge on any atom is 0.0783 e. The fourth-order valence-corrected chi connectivity index (χ4v) is 4.83. The van der Waals surface area contributed by atoms with Gasteiger partial charge in [-0.1, -0.05) is 6.07 Å². The number of rotatable bonds is 3. The summed E-state index contributed by atoms with van der Waals surface area (Å²) in [6, 6.07) is 4.61. The summed E-state index contributed by atoms with van der Waals surface area (Å²) in [6.45, 7) is 0.906. The first-order valence-electron chi connectivity index (χ1n) is 7.12. The average molecular weight is 278 g/mol. The number of aromatic nitrogens is 1. The van der Waals surface area contributed by atoms with Crippen molar-refractivity contribution in [3.05, 3.63) is 30.1 Å². The highest BCUT2D eigenvalue weighted by Crippen LogP contribution is 2.43. The Bertz CT molecular complexity index is 406. The number of ether oxygens (including phenoxy) is 1. The minimum Gasteiger partial charge on any atom is -0.374 e. The first-order valence-corrected chi connectivity index (χ1v) is 8.27. The summed E-state index contributed by atoms with van der Waals surface area (Å²) < 4.78 is 6.12. The predicted molar refractivity (Wildman–Crippen MR) is 79.4 cm³/mol. The summed E-state index contributed by atoms with van der Waals surface area (Å²) in [4.78, 5) is 4.26. The zero-order chi connectivity index (χ0) is 13.1. The third kappa shape index (κ3) is 2.81. The second kappa shape index (κ2) is 5.81. The van der Waals surface area contributed by atoms with Gasteiger partial charge in [-0.15, -0.1) is 0 Å². The molecule has 0 saturated carbocycles. The SMILES string of the molecule is CNC(c1cccnc1)C1CCOC2(CCSC2)C1. The van der Waals surface area contributed by atoms with Gasteiger partial charge in [0.25, 0.3) is 0 Å². The molecule has 3 heterocycles. The van der Waals surface area contributed by atoms with Crippen LogP contribution in [0.3, 0.4) is 0 Å². The Morgan fingerprint density at radius 2 is 2.53 bits per heavy atom. The van der Waals surface area contributed by atoms with E-state index in [1.807, 2.05) is 30.2 Å². The van der Waals surface area contributed by atoms with Crippen LogP contribution in [-0.2, 0) is 4.74 Å². The van der Waals surface area contributed by atoms with E-state index in [1.54, 1.807) is 0 Å². The van der Waals surface area contributed by atoms with Crippen molar-refractivity contribution in [3.8, 4) is 0 Å². The summed E-state index contributed by atoms with van der Waals surface area (Å²) in [5.74, 6) is 3.08. The predicted octanol–water partition coefficient (Wildman–Crippen LogP) is 2.64. The van der Waals surface area contributed by atoms with Crippen molar-refractivity contribution in [2.45, 2.75) is 30.9 Å². The lowest BCUT2D eigenvalue weighted by Gasteiger charge is -2.41. The van der Waals surface area contributed by atoms with Gasteiger partial charge >= 0.3 is 0 Å². The van der Waals surface area contributed by atoms with Crippen LogP contribution in [0.5, 0.6) is 0 Å². The lowest BCUT2D eigenvalue weighted by Crippen LogP contribution is -2.43. The molecule has 104 valence electrons. The van der Waals surface area contributed by atoms with Gasteiger partial charge in [0.05, 0.1) is 5.60 Å². The van der Waals surface area contributed by atoms with E-state index >= 15 is 0 Å². The molecule has 2 aliphatic rings. The molecule has 2 fully saturated rings. The van der Waals surface area contributed by atoms with Gasteiger partial charge in [0.2, 0.25) is 0 Å². The summed E-state index contributed by atoms with van der Waals surface area (Å²) in [5.41, 5.74) is 1.46. The smallest absolute Gasteiger partial charge is 0.0783 e. The van der Waals surface area contributed by atoms with Gasteiger partial charge < -0.3 is 10.1 Å². The molecule has 3 nitrogen and oxygen atoms in total. The van der Waals surface area contributed by atoms with E-state index in [2.05, 4.69) is 23.4 Å². The average Bonchev–Trinajstić information content (AvgIpc) is 2.89. The molecule has 0 aliphatic carbocycles. The van der Waals surface area contributed by atoms with Gasteiger partial charge in [-0.25, -0.2) is 0 Å². The quantitative estimate of drug-likeness (QED) is 0.921. The van der Waals surface area contributed by atoms with Gasteiger partial charge in [-0.2, -0.15) is 11.8 Å². The molecule has 2 aliphatic heterocycles. The molecule has 19 heavy (non-hydrogen) atoms. The van der Waals surface area contributed by atoms with Crippen LogP contribution in [0.15, 0.2) is 24.5 Å². The van der Waals surface area contributed by atoms with Crippen LogP contribution >= 0.6 is 11.8 Å². The van der Waals surface area contributed by atoms with Crippen LogP contribution in [0.4, 0.5) is 0 Å². The zero-order valence-electron chi connectivity index (χ0n) is 11.5. The lowest BCUT2D eigenvalue weighted by molar-refractivity contribution is -0.0850. The minimum absolute atomic E-state index is 0.158. The Morgan fingerprint density at radius 1 is 1.58 bits per heavy atom. The second-order valence-electron chi connectivity index (χ2n) is 5.64. The molecule has 0 amide bonds. The van der Waals surface area contributed by atoms with Crippen molar-refractivity contribution in [2.75, 3.05) is 25.2 Å². The van der Waals surface area contributed by atoms with E-state index in [9.17, 15) is 0 Å². The highest BCUT2D eigenvalue weighted by atomic mass is 32.2. The fourth-order valence-electron chi connectivity index (χ4n) is 3.45. The van der Waals surface area contributed by atoms with E-state index in [0.717, 1.165) is 13.0 Å². The van der Waals surface area contributed by atoms with Crippen LogP contribution in [0.1, 0.15) is 30.9 Å². The molecule has 1 aromatic rings. The molecule has 3 rings (SSSR count). The van der Waals surface area contributed by atoms with Gasteiger partial charge in [-0.05, 0) is 49.6 Å².